The highest BCUT2D eigenvalue weighted by Crippen LogP contribution is 2.19. The number of rotatable bonds is 5. The maximum atomic E-state index is 12.3. The average Bonchev–Trinajstić information content (AvgIpc) is 2.43. The molecule has 0 saturated carbocycles. The van der Waals surface area contributed by atoms with E-state index in [1.807, 2.05) is 38.1 Å². The van der Waals surface area contributed by atoms with Gasteiger partial charge in [-0.3, -0.25) is 9.78 Å². The zero-order valence-corrected chi connectivity index (χ0v) is 12.2. The molecule has 1 aromatic carbocycles. The standard InChI is InChI=1S/C16H20N2O2/c1-11-5-6-15-13(9-11)14(10-12(2)18-15)16(19)17-7-4-8-20-3/h5-6,9-10H,4,7-8H2,1-3H3,(H,17,19). The number of amides is 1. The van der Waals surface area contributed by atoms with E-state index in [9.17, 15) is 4.79 Å². The molecule has 0 bridgehead atoms. The molecule has 20 heavy (non-hydrogen) atoms. The van der Waals surface area contributed by atoms with E-state index in [0.717, 1.165) is 28.6 Å². The predicted octanol–water partition coefficient (Wildman–Crippen LogP) is 2.62. The number of nitrogens with zero attached hydrogens (tertiary/aromatic N) is 1. The topological polar surface area (TPSA) is 51.2 Å². The molecule has 2 rings (SSSR count). The number of aryl methyl sites for hydroxylation is 2. The second-order valence-corrected chi connectivity index (χ2v) is 4.93. The van der Waals surface area contributed by atoms with Gasteiger partial charge in [0, 0.05) is 31.3 Å². The summed E-state index contributed by atoms with van der Waals surface area (Å²) >= 11 is 0. The number of fused-ring (bicyclic) bond motifs is 1. The third-order valence-electron chi connectivity index (χ3n) is 3.15. The molecule has 0 aliphatic rings. The van der Waals surface area contributed by atoms with Crippen molar-refractivity contribution in [2.24, 2.45) is 0 Å². The Hall–Kier alpha value is -1.94. The van der Waals surface area contributed by atoms with E-state index in [-0.39, 0.29) is 5.91 Å². The minimum atomic E-state index is -0.0535. The molecule has 0 radical (unpaired) electrons. The lowest BCUT2D eigenvalue weighted by molar-refractivity contribution is 0.0950. The number of aromatic nitrogens is 1. The van der Waals surface area contributed by atoms with Crippen molar-refractivity contribution in [1.29, 1.82) is 0 Å². The van der Waals surface area contributed by atoms with Crippen LogP contribution in [0.25, 0.3) is 10.9 Å². The van der Waals surface area contributed by atoms with Crippen LogP contribution in [0.15, 0.2) is 24.3 Å². The lowest BCUT2D eigenvalue weighted by Gasteiger charge is -2.09. The van der Waals surface area contributed by atoms with Crippen molar-refractivity contribution in [2.75, 3.05) is 20.3 Å². The van der Waals surface area contributed by atoms with Crippen LogP contribution >= 0.6 is 0 Å². The first-order chi connectivity index (χ1) is 9.61. The van der Waals surface area contributed by atoms with E-state index >= 15 is 0 Å². The number of nitrogens with one attached hydrogen (secondary N) is 1. The molecule has 0 saturated heterocycles. The Morgan fingerprint density at radius 3 is 2.85 bits per heavy atom. The predicted molar refractivity (Wildman–Crippen MR) is 80.0 cm³/mol. The molecule has 0 spiro atoms. The summed E-state index contributed by atoms with van der Waals surface area (Å²) in [6, 6.07) is 7.81. The Morgan fingerprint density at radius 2 is 2.10 bits per heavy atom. The lowest BCUT2D eigenvalue weighted by Crippen LogP contribution is -2.25. The summed E-state index contributed by atoms with van der Waals surface area (Å²) in [4.78, 5) is 16.8. The summed E-state index contributed by atoms with van der Waals surface area (Å²) in [6.45, 7) is 5.18. The number of pyridine rings is 1. The van der Waals surface area contributed by atoms with E-state index in [4.69, 9.17) is 4.74 Å². The third kappa shape index (κ3) is 3.33. The maximum absolute atomic E-state index is 12.3. The van der Waals surface area contributed by atoms with Crippen LogP contribution in [-0.2, 0) is 4.74 Å². The zero-order chi connectivity index (χ0) is 14.5. The van der Waals surface area contributed by atoms with Crippen molar-refractivity contribution in [3.05, 3.63) is 41.1 Å². The van der Waals surface area contributed by atoms with Gasteiger partial charge in [-0.05, 0) is 38.5 Å². The van der Waals surface area contributed by atoms with Crippen molar-refractivity contribution in [3.63, 3.8) is 0 Å². The Bertz CT molecular complexity index is 623. The van der Waals surface area contributed by atoms with Crippen LogP contribution in [0.2, 0.25) is 0 Å². The molecule has 0 aliphatic carbocycles. The minimum Gasteiger partial charge on any atom is -0.385 e. The van der Waals surface area contributed by atoms with Crippen LogP contribution in [-0.4, -0.2) is 31.2 Å². The second kappa shape index (κ2) is 6.48. The summed E-state index contributed by atoms with van der Waals surface area (Å²) in [5.41, 5.74) is 3.52. The molecule has 1 heterocycles. The first-order valence-corrected chi connectivity index (χ1v) is 6.77. The number of carbonyl (C=O) groups excluding carboxylic acids is 1. The van der Waals surface area contributed by atoms with Crippen molar-refractivity contribution in [1.82, 2.24) is 10.3 Å². The number of ether oxygens (including phenoxy) is 1. The van der Waals surface area contributed by atoms with E-state index in [1.165, 1.54) is 0 Å². The molecular formula is C16H20N2O2. The Kier molecular flexibility index (Phi) is 4.69. The molecular weight excluding hydrogens is 252 g/mol. The molecule has 4 nitrogen and oxygen atoms in total. The third-order valence-corrected chi connectivity index (χ3v) is 3.15. The van der Waals surface area contributed by atoms with Gasteiger partial charge in [-0.2, -0.15) is 0 Å². The number of hydrogen-bond donors (Lipinski definition) is 1. The molecule has 106 valence electrons. The number of benzene rings is 1. The van der Waals surface area contributed by atoms with Gasteiger partial charge in [0.15, 0.2) is 0 Å². The maximum Gasteiger partial charge on any atom is 0.252 e. The van der Waals surface area contributed by atoms with Crippen LogP contribution in [0.5, 0.6) is 0 Å². The molecule has 1 aromatic heterocycles. The van der Waals surface area contributed by atoms with Crippen molar-refractivity contribution < 1.29 is 9.53 Å². The molecule has 0 aliphatic heterocycles. The fourth-order valence-corrected chi connectivity index (χ4v) is 2.17. The summed E-state index contributed by atoms with van der Waals surface area (Å²) in [5.74, 6) is -0.0535. The molecule has 0 fully saturated rings. The van der Waals surface area contributed by atoms with Crippen LogP contribution in [0.4, 0.5) is 0 Å². The number of hydrogen-bond acceptors (Lipinski definition) is 3. The van der Waals surface area contributed by atoms with Gasteiger partial charge in [0.05, 0.1) is 11.1 Å². The van der Waals surface area contributed by atoms with Crippen LogP contribution in [0.1, 0.15) is 28.0 Å². The SMILES string of the molecule is COCCCNC(=O)c1cc(C)nc2ccc(C)cc12. The van der Waals surface area contributed by atoms with Gasteiger partial charge < -0.3 is 10.1 Å². The quantitative estimate of drug-likeness (QED) is 0.851. The van der Waals surface area contributed by atoms with Crippen LogP contribution in [0, 0.1) is 13.8 Å². The highest BCUT2D eigenvalue weighted by Gasteiger charge is 2.11. The highest BCUT2D eigenvalue weighted by molar-refractivity contribution is 6.06. The molecule has 0 atom stereocenters. The van der Waals surface area contributed by atoms with Gasteiger partial charge in [-0.25, -0.2) is 0 Å². The lowest BCUT2D eigenvalue weighted by atomic mass is 10.0. The van der Waals surface area contributed by atoms with E-state index in [0.29, 0.717) is 18.7 Å². The smallest absolute Gasteiger partial charge is 0.252 e. The molecule has 1 amide bonds. The monoisotopic (exact) mass is 272 g/mol. The van der Waals surface area contributed by atoms with Crippen molar-refractivity contribution in [2.45, 2.75) is 20.3 Å². The molecule has 4 heteroatoms. The summed E-state index contributed by atoms with van der Waals surface area (Å²) in [6.07, 6.45) is 0.809. The van der Waals surface area contributed by atoms with Gasteiger partial charge in [0.25, 0.3) is 5.91 Å². The summed E-state index contributed by atoms with van der Waals surface area (Å²) in [7, 11) is 1.66. The zero-order valence-electron chi connectivity index (χ0n) is 12.2. The Balaban J connectivity index is 2.27. The normalized spacial score (nSPS) is 10.8. The fourth-order valence-electron chi connectivity index (χ4n) is 2.17. The minimum absolute atomic E-state index is 0.0535. The van der Waals surface area contributed by atoms with Gasteiger partial charge in [-0.1, -0.05) is 11.6 Å². The van der Waals surface area contributed by atoms with E-state index < -0.39 is 0 Å². The van der Waals surface area contributed by atoms with Gasteiger partial charge in [-0.15, -0.1) is 0 Å². The Labute approximate surface area is 119 Å². The molecule has 0 unspecified atom stereocenters. The van der Waals surface area contributed by atoms with Crippen LogP contribution in [0.3, 0.4) is 0 Å². The number of carbonyl (C=O) groups is 1. The number of methoxy groups -OCH3 is 1. The summed E-state index contributed by atoms with van der Waals surface area (Å²) in [5, 5.41) is 3.83. The van der Waals surface area contributed by atoms with Gasteiger partial charge in [0.2, 0.25) is 0 Å². The largest absolute Gasteiger partial charge is 0.385 e. The van der Waals surface area contributed by atoms with Gasteiger partial charge in [0.1, 0.15) is 0 Å². The summed E-state index contributed by atoms with van der Waals surface area (Å²) < 4.78 is 4.97. The van der Waals surface area contributed by atoms with Gasteiger partial charge >= 0.3 is 0 Å². The van der Waals surface area contributed by atoms with Crippen LogP contribution < -0.4 is 5.32 Å². The van der Waals surface area contributed by atoms with Crippen molar-refractivity contribution >= 4 is 16.8 Å². The van der Waals surface area contributed by atoms with Crippen molar-refractivity contribution in [3.8, 4) is 0 Å². The molecule has 1 N–H and O–H groups in total. The second-order valence-electron chi connectivity index (χ2n) is 4.93. The highest BCUT2D eigenvalue weighted by atomic mass is 16.5. The Morgan fingerprint density at radius 1 is 1.30 bits per heavy atom. The fraction of sp³-hybridized carbons (Fsp3) is 0.375. The average molecular weight is 272 g/mol. The van der Waals surface area contributed by atoms with E-state index in [2.05, 4.69) is 10.3 Å². The van der Waals surface area contributed by atoms with E-state index in [1.54, 1.807) is 7.11 Å². The first kappa shape index (κ1) is 14.5. The molecule has 2 aromatic rings. The first-order valence-electron chi connectivity index (χ1n) is 6.77.